The molecule has 1 amide bonds. The number of nitrogens with zero attached hydrogens (tertiary/aromatic N) is 2. The minimum atomic E-state index is 0.0115. The lowest BCUT2D eigenvalue weighted by Crippen LogP contribution is -2.32. The molecule has 0 bridgehead atoms. The molecule has 16 heavy (non-hydrogen) atoms. The van der Waals surface area contributed by atoms with E-state index in [1.165, 1.54) is 0 Å². The van der Waals surface area contributed by atoms with Crippen molar-refractivity contribution in [2.45, 2.75) is 6.54 Å². The molecule has 0 aliphatic heterocycles. The first kappa shape index (κ1) is 12.4. The van der Waals surface area contributed by atoms with Gasteiger partial charge in [0.15, 0.2) is 0 Å². The number of nitrogens with one attached hydrogen (secondary N) is 2. The van der Waals surface area contributed by atoms with Gasteiger partial charge in [-0.25, -0.2) is 4.98 Å². The summed E-state index contributed by atoms with van der Waals surface area (Å²) in [5.74, 6) is 0.864. The van der Waals surface area contributed by atoms with Crippen molar-refractivity contribution < 1.29 is 4.79 Å². The topological polar surface area (TPSA) is 57.3 Å². The summed E-state index contributed by atoms with van der Waals surface area (Å²) in [7, 11) is 5.38. The number of hydrogen-bond acceptors (Lipinski definition) is 4. The average molecular weight is 222 g/mol. The Morgan fingerprint density at radius 2 is 2.25 bits per heavy atom. The summed E-state index contributed by atoms with van der Waals surface area (Å²) in [6, 6.07) is 3.89. The van der Waals surface area contributed by atoms with Gasteiger partial charge in [0, 0.05) is 32.4 Å². The van der Waals surface area contributed by atoms with Gasteiger partial charge < -0.3 is 10.6 Å². The molecule has 0 aromatic carbocycles. The zero-order valence-electron chi connectivity index (χ0n) is 9.95. The fourth-order valence-electron chi connectivity index (χ4n) is 1.46. The van der Waals surface area contributed by atoms with Crippen molar-refractivity contribution in [2.24, 2.45) is 0 Å². The molecule has 88 valence electrons. The van der Waals surface area contributed by atoms with Crippen LogP contribution in [0.1, 0.15) is 5.56 Å². The highest BCUT2D eigenvalue weighted by atomic mass is 16.1. The van der Waals surface area contributed by atoms with E-state index in [-0.39, 0.29) is 5.91 Å². The van der Waals surface area contributed by atoms with Crippen molar-refractivity contribution in [1.29, 1.82) is 0 Å². The Bertz CT molecular complexity index is 354. The predicted molar refractivity (Wildman–Crippen MR) is 64.2 cm³/mol. The van der Waals surface area contributed by atoms with Gasteiger partial charge in [-0.3, -0.25) is 9.69 Å². The smallest absolute Gasteiger partial charge is 0.233 e. The minimum Gasteiger partial charge on any atom is -0.373 e. The number of pyridine rings is 1. The first-order chi connectivity index (χ1) is 7.67. The molecule has 0 fully saturated rings. The van der Waals surface area contributed by atoms with E-state index >= 15 is 0 Å². The van der Waals surface area contributed by atoms with Crippen LogP contribution in [0, 0.1) is 0 Å². The quantitative estimate of drug-likeness (QED) is 0.752. The Morgan fingerprint density at radius 1 is 1.50 bits per heavy atom. The summed E-state index contributed by atoms with van der Waals surface area (Å²) >= 11 is 0. The molecular formula is C11H18N4O. The molecule has 0 saturated heterocycles. The predicted octanol–water partition coefficient (Wildman–Crippen LogP) is 0.301. The van der Waals surface area contributed by atoms with Crippen LogP contribution in [0.5, 0.6) is 0 Å². The van der Waals surface area contributed by atoms with Crippen LogP contribution in [0.3, 0.4) is 0 Å². The Morgan fingerprint density at radius 3 is 2.88 bits per heavy atom. The van der Waals surface area contributed by atoms with Gasteiger partial charge in [0.25, 0.3) is 0 Å². The monoisotopic (exact) mass is 222 g/mol. The third kappa shape index (κ3) is 3.51. The number of anilines is 1. The molecule has 0 saturated carbocycles. The summed E-state index contributed by atoms with van der Waals surface area (Å²) in [6.45, 7) is 1.08. The number of hydrogen-bond donors (Lipinski definition) is 2. The van der Waals surface area contributed by atoms with E-state index in [4.69, 9.17) is 0 Å². The van der Waals surface area contributed by atoms with Crippen molar-refractivity contribution >= 4 is 11.7 Å². The molecule has 0 aliphatic rings. The van der Waals surface area contributed by atoms with Crippen LogP contribution in [0.2, 0.25) is 0 Å². The Labute approximate surface area is 95.9 Å². The summed E-state index contributed by atoms with van der Waals surface area (Å²) < 4.78 is 0. The molecular weight excluding hydrogens is 204 g/mol. The van der Waals surface area contributed by atoms with Gasteiger partial charge in [-0.2, -0.15) is 0 Å². The number of aromatic nitrogens is 1. The molecule has 0 atom stereocenters. The highest BCUT2D eigenvalue weighted by Gasteiger charge is 2.08. The number of carbonyl (C=O) groups is 1. The lowest BCUT2D eigenvalue weighted by Gasteiger charge is -2.17. The SMILES string of the molecule is CNC(=O)CN(C)Cc1cccnc1NC. The normalized spacial score (nSPS) is 10.2. The number of amides is 1. The van der Waals surface area contributed by atoms with E-state index in [2.05, 4.69) is 15.6 Å². The lowest BCUT2D eigenvalue weighted by molar-refractivity contribution is -0.121. The highest BCUT2D eigenvalue weighted by molar-refractivity contribution is 5.77. The van der Waals surface area contributed by atoms with Crippen LogP contribution >= 0.6 is 0 Å². The van der Waals surface area contributed by atoms with E-state index in [0.717, 1.165) is 11.4 Å². The van der Waals surface area contributed by atoms with Crippen molar-refractivity contribution in [3.63, 3.8) is 0 Å². The third-order valence-electron chi connectivity index (χ3n) is 2.26. The van der Waals surface area contributed by atoms with Crippen LogP contribution in [0.15, 0.2) is 18.3 Å². The van der Waals surface area contributed by atoms with Gasteiger partial charge in [0.05, 0.1) is 6.54 Å². The first-order valence-corrected chi connectivity index (χ1v) is 5.18. The van der Waals surface area contributed by atoms with E-state index in [1.54, 1.807) is 13.2 Å². The zero-order valence-corrected chi connectivity index (χ0v) is 9.95. The minimum absolute atomic E-state index is 0.0115. The fourth-order valence-corrected chi connectivity index (χ4v) is 1.46. The van der Waals surface area contributed by atoms with Crippen molar-refractivity contribution in [2.75, 3.05) is 33.0 Å². The second-order valence-corrected chi connectivity index (χ2v) is 3.61. The maximum absolute atomic E-state index is 11.2. The zero-order chi connectivity index (χ0) is 12.0. The summed E-state index contributed by atoms with van der Waals surface area (Å²) in [6.07, 6.45) is 1.74. The molecule has 2 N–H and O–H groups in total. The molecule has 1 heterocycles. The Balaban J connectivity index is 2.61. The molecule has 1 aromatic rings. The number of likely N-dealkylation sites (N-methyl/N-ethyl adjacent to an activating group) is 2. The van der Waals surface area contributed by atoms with Crippen LogP contribution in [-0.4, -0.2) is 43.5 Å². The van der Waals surface area contributed by atoms with E-state index in [0.29, 0.717) is 13.1 Å². The standard InChI is InChI=1S/C11H18N4O/c1-12-10(16)8-15(3)7-9-5-4-6-14-11(9)13-2/h4-6H,7-8H2,1-3H3,(H,12,16)(H,13,14). The highest BCUT2D eigenvalue weighted by Crippen LogP contribution is 2.12. The van der Waals surface area contributed by atoms with Gasteiger partial charge in [-0.05, 0) is 13.1 Å². The van der Waals surface area contributed by atoms with E-state index in [1.807, 2.05) is 31.1 Å². The van der Waals surface area contributed by atoms with Crippen molar-refractivity contribution in [3.05, 3.63) is 23.9 Å². The molecule has 0 unspecified atom stereocenters. The molecule has 0 aliphatic carbocycles. The fraction of sp³-hybridized carbons (Fsp3) is 0.455. The second-order valence-electron chi connectivity index (χ2n) is 3.61. The van der Waals surface area contributed by atoms with Crippen LogP contribution in [-0.2, 0) is 11.3 Å². The van der Waals surface area contributed by atoms with Crippen molar-refractivity contribution in [1.82, 2.24) is 15.2 Å². The Kier molecular flexibility index (Phi) is 4.72. The molecule has 0 radical (unpaired) electrons. The van der Waals surface area contributed by atoms with Gasteiger partial charge in [-0.15, -0.1) is 0 Å². The van der Waals surface area contributed by atoms with Gasteiger partial charge in [0.2, 0.25) is 5.91 Å². The lowest BCUT2D eigenvalue weighted by atomic mass is 10.2. The summed E-state index contributed by atoms with van der Waals surface area (Å²) in [5, 5.41) is 5.63. The van der Waals surface area contributed by atoms with Crippen LogP contribution < -0.4 is 10.6 Å². The second kappa shape index (κ2) is 6.07. The molecule has 5 heteroatoms. The summed E-state index contributed by atoms with van der Waals surface area (Å²) in [5.41, 5.74) is 1.08. The van der Waals surface area contributed by atoms with E-state index < -0.39 is 0 Å². The molecule has 1 aromatic heterocycles. The molecule has 1 rings (SSSR count). The van der Waals surface area contributed by atoms with Gasteiger partial charge >= 0.3 is 0 Å². The molecule has 0 spiro atoms. The number of carbonyl (C=O) groups excluding carboxylic acids is 1. The van der Waals surface area contributed by atoms with Gasteiger partial charge in [0.1, 0.15) is 5.82 Å². The van der Waals surface area contributed by atoms with Gasteiger partial charge in [-0.1, -0.05) is 6.07 Å². The van der Waals surface area contributed by atoms with E-state index in [9.17, 15) is 4.79 Å². The van der Waals surface area contributed by atoms with Crippen LogP contribution in [0.25, 0.3) is 0 Å². The molecule has 5 nitrogen and oxygen atoms in total. The number of rotatable bonds is 5. The van der Waals surface area contributed by atoms with Crippen LogP contribution in [0.4, 0.5) is 5.82 Å². The van der Waals surface area contributed by atoms with Crippen molar-refractivity contribution in [3.8, 4) is 0 Å². The first-order valence-electron chi connectivity index (χ1n) is 5.18. The third-order valence-corrected chi connectivity index (χ3v) is 2.26. The largest absolute Gasteiger partial charge is 0.373 e. The maximum atomic E-state index is 11.2. The maximum Gasteiger partial charge on any atom is 0.233 e. The average Bonchev–Trinajstić information content (AvgIpc) is 2.29. The Hall–Kier alpha value is -1.62. The summed E-state index contributed by atoms with van der Waals surface area (Å²) in [4.78, 5) is 17.3.